The van der Waals surface area contributed by atoms with E-state index in [2.05, 4.69) is 43.5 Å². The van der Waals surface area contributed by atoms with Crippen molar-refractivity contribution in [3.05, 3.63) is 47.7 Å². The monoisotopic (exact) mass is 435 g/mol. The highest BCUT2D eigenvalue weighted by Gasteiger charge is 2.62. The predicted octanol–water partition coefficient (Wildman–Crippen LogP) is 4.42. The van der Waals surface area contributed by atoms with Crippen LogP contribution in [0, 0.1) is 5.92 Å². The molecule has 3 unspecified atom stereocenters. The van der Waals surface area contributed by atoms with Crippen molar-refractivity contribution in [3.8, 4) is 0 Å². The Hall–Kier alpha value is -2.24. The molecule has 0 amide bonds. The molecule has 1 aromatic carbocycles. The average molecular weight is 436 g/mol. The maximum Gasteiger partial charge on any atom is 0.394 e. The second kappa shape index (κ2) is 7.96. The summed E-state index contributed by atoms with van der Waals surface area (Å²) in [5.41, 5.74) is 6.00. The molecule has 0 aromatic heterocycles. The minimum Gasteiger partial charge on any atom is -0.448 e. The second-order valence-corrected chi connectivity index (χ2v) is 10.0. The number of likely N-dealkylation sites (N-methyl/N-ethyl adjacent to an activating group) is 1. The van der Waals surface area contributed by atoms with E-state index in [4.69, 9.17) is 4.74 Å². The third-order valence-electron chi connectivity index (χ3n) is 8.24. The predicted molar refractivity (Wildman–Crippen MR) is 127 cm³/mol. The number of piperidine rings is 1. The third-order valence-corrected chi connectivity index (χ3v) is 8.24. The van der Waals surface area contributed by atoms with Gasteiger partial charge in [0.15, 0.2) is 6.10 Å². The van der Waals surface area contributed by atoms with E-state index < -0.39 is 0 Å². The number of esters is 1. The van der Waals surface area contributed by atoms with Gasteiger partial charge < -0.3 is 9.53 Å². The summed E-state index contributed by atoms with van der Waals surface area (Å²) in [6, 6.07) is 6.84. The molecular formula is C27H35N2O3+. The number of likely N-dealkylation sites (tertiary alicyclic amines) is 1. The SMILES string of the molecule is C=CCN1C[C@H](CCC(C)=O)CC2c3cccc4c3C3=C(C(=O)OC3[C@H]21)[N+]4(CC)CCC. The fraction of sp³-hybridized carbons (Fsp3) is 0.556. The van der Waals surface area contributed by atoms with Crippen LogP contribution in [0.5, 0.6) is 0 Å². The van der Waals surface area contributed by atoms with Crippen molar-refractivity contribution in [2.75, 3.05) is 26.2 Å². The number of ketones is 1. The van der Waals surface area contributed by atoms with Crippen LogP contribution in [-0.4, -0.2) is 55.0 Å². The van der Waals surface area contributed by atoms with Crippen LogP contribution in [-0.2, 0) is 14.3 Å². The van der Waals surface area contributed by atoms with Crippen molar-refractivity contribution >= 4 is 23.0 Å². The van der Waals surface area contributed by atoms with Gasteiger partial charge in [0, 0.05) is 31.5 Å². The van der Waals surface area contributed by atoms with E-state index in [1.807, 2.05) is 6.08 Å². The molecular weight excluding hydrogens is 400 g/mol. The lowest BCUT2D eigenvalue weighted by Crippen LogP contribution is -2.55. The molecule has 1 fully saturated rings. The lowest BCUT2D eigenvalue weighted by Gasteiger charge is -2.49. The normalized spacial score (nSPS) is 32.5. The molecule has 1 aliphatic carbocycles. The van der Waals surface area contributed by atoms with Gasteiger partial charge in [0.1, 0.15) is 11.5 Å². The molecule has 170 valence electrons. The lowest BCUT2D eigenvalue weighted by atomic mass is 9.68. The number of carbonyl (C=O) groups is 2. The van der Waals surface area contributed by atoms with Crippen LogP contribution in [0.4, 0.5) is 5.69 Å². The van der Waals surface area contributed by atoms with Gasteiger partial charge in [-0.25, -0.2) is 4.79 Å². The van der Waals surface area contributed by atoms with Gasteiger partial charge in [-0.2, -0.15) is 0 Å². The van der Waals surface area contributed by atoms with Crippen LogP contribution in [0.25, 0.3) is 5.57 Å². The number of carbonyl (C=O) groups excluding carboxylic acids is 2. The molecule has 32 heavy (non-hydrogen) atoms. The molecule has 5 rings (SSSR count). The highest BCUT2D eigenvalue weighted by Crippen LogP contribution is 2.59. The minimum atomic E-state index is -0.201. The Morgan fingerprint density at radius 3 is 2.84 bits per heavy atom. The van der Waals surface area contributed by atoms with Crippen molar-refractivity contribution in [2.45, 2.75) is 64.5 Å². The maximum atomic E-state index is 13.4. The standard InChI is InChI=1S/C27H35N2O3/c1-5-13-28-16-18(12-11-17(4)30)15-20-19-9-8-10-21-22(19)23-25(29(21,7-3)14-6-2)27(31)32-26(23)24(20)28/h5,8-10,18,20,24,26H,1,6-7,11-16H2,2-4H3/q+1/t18-,20?,24+,26?,29?/m1/s1. The number of hydrogen-bond acceptors (Lipinski definition) is 4. The number of benzene rings is 1. The maximum absolute atomic E-state index is 13.4. The molecule has 3 aliphatic heterocycles. The summed E-state index contributed by atoms with van der Waals surface area (Å²) in [4.78, 5) is 27.5. The zero-order chi connectivity index (χ0) is 22.6. The smallest absolute Gasteiger partial charge is 0.394 e. The summed E-state index contributed by atoms with van der Waals surface area (Å²) in [5.74, 6) is 0.895. The number of hydrogen-bond donors (Lipinski definition) is 0. The number of Topliss-reactive ketones (excluding diaryl/α,β-unsaturated/α-hetero) is 1. The van der Waals surface area contributed by atoms with Crippen LogP contribution in [0.1, 0.15) is 63.5 Å². The molecule has 0 radical (unpaired) electrons. The van der Waals surface area contributed by atoms with Gasteiger partial charge >= 0.3 is 5.97 Å². The van der Waals surface area contributed by atoms with E-state index >= 15 is 0 Å². The van der Waals surface area contributed by atoms with Gasteiger partial charge in [0.05, 0.1) is 30.3 Å². The van der Waals surface area contributed by atoms with Crippen LogP contribution in [0.3, 0.4) is 0 Å². The van der Waals surface area contributed by atoms with Gasteiger partial charge in [-0.3, -0.25) is 9.38 Å². The molecule has 1 aromatic rings. The van der Waals surface area contributed by atoms with Gasteiger partial charge in [-0.05, 0) is 44.6 Å². The topological polar surface area (TPSA) is 46.6 Å². The molecule has 0 saturated carbocycles. The van der Waals surface area contributed by atoms with Crippen LogP contribution >= 0.6 is 0 Å². The zero-order valence-corrected chi connectivity index (χ0v) is 19.6. The molecule has 4 aliphatic rings. The molecule has 5 atom stereocenters. The Morgan fingerprint density at radius 2 is 2.16 bits per heavy atom. The first-order chi connectivity index (χ1) is 15.5. The Morgan fingerprint density at radius 1 is 1.34 bits per heavy atom. The van der Waals surface area contributed by atoms with E-state index in [9.17, 15) is 9.59 Å². The van der Waals surface area contributed by atoms with Crippen LogP contribution < -0.4 is 4.48 Å². The molecule has 0 N–H and O–H groups in total. The molecule has 5 heteroatoms. The van der Waals surface area contributed by atoms with Crippen molar-refractivity contribution < 1.29 is 14.3 Å². The minimum absolute atomic E-state index is 0.125. The summed E-state index contributed by atoms with van der Waals surface area (Å²) < 4.78 is 6.83. The van der Waals surface area contributed by atoms with Crippen molar-refractivity contribution in [1.29, 1.82) is 0 Å². The van der Waals surface area contributed by atoms with Gasteiger partial charge in [-0.15, -0.1) is 6.58 Å². The largest absolute Gasteiger partial charge is 0.448 e. The quantitative estimate of drug-likeness (QED) is 0.345. The van der Waals surface area contributed by atoms with E-state index in [0.717, 1.165) is 56.7 Å². The van der Waals surface area contributed by atoms with E-state index in [1.54, 1.807) is 6.92 Å². The number of ether oxygens (including phenoxy) is 1. The fourth-order valence-corrected chi connectivity index (χ4v) is 7.09. The highest BCUT2D eigenvalue weighted by atomic mass is 16.6. The van der Waals surface area contributed by atoms with Crippen molar-refractivity contribution in [1.82, 2.24) is 9.38 Å². The summed E-state index contributed by atoms with van der Waals surface area (Å²) in [6.45, 7) is 13.5. The van der Waals surface area contributed by atoms with Crippen molar-refractivity contribution in [3.63, 3.8) is 0 Å². The summed E-state index contributed by atoms with van der Waals surface area (Å²) in [5, 5.41) is 0. The second-order valence-electron chi connectivity index (χ2n) is 10.0. The molecule has 0 spiro atoms. The number of nitrogens with zero attached hydrogens (tertiary/aromatic N) is 2. The number of fused-ring (bicyclic) bond motifs is 3. The van der Waals surface area contributed by atoms with E-state index in [0.29, 0.717) is 22.7 Å². The molecule has 0 bridgehead atoms. The van der Waals surface area contributed by atoms with Crippen LogP contribution in [0.2, 0.25) is 0 Å². The lowest BCUT2D eigenvalue weighted by molar-refractivity contribution is -0.144. The highest BCUT2D eigenvalue weighted by molar-refractivity contribution is 6.11. The molecule has 1 saturated heterocycles. The Kier molecular flexibility index (Phi) is 5.37. The fourth-order valence-electron chi connectivity index (χ4n) is 7.09. The first-order valence-corrected chi connectivity index (χ1v) is 12.3. The number of rotatable bonds is 8. The summed E-state index contributed by atoms with van der Waals surface area (Å²) in [6.07, 6.45) is 5.36. The number of quaternary nitrogens is 1. The Balaban J connectivity index is 1.66. The van der Waals surface area contributed by atoms with Gasteiger partial charge in [0.25, 0.3) is 0 Å². The van der Waals surface area contributed by atoms with Gasteiger partial charge in [-0.1, -0.05) is 25.1 Å². The van der Waals surface area contributed by atoms with E-state index in [1.165, 1.54) is 16.8 Å². The average Bonchev–Trinajstić information content (AvgIpc) is 3.27. The molecule has 3 heterocycles. The molecule has 5 nitrogen and oxygen atoms in total. The zero-order valence-electron chi connectivity index (χ0n) is 19.6. The first-order valence-electron chi connectivity index (χ1n) is 12.3. The van der Waals surface area contributed by atoms with Crippen LogP contribution in [0.15, 0.2) is 36.6 Å². The first kappa shape index (κ1) is 21.6. The third kappa shape index (κ3) is 2.90. The summed E-state index contributed by atoms with van der Waals surface area (Å²) >= 11 is 0. The van der Waals surface area contributed by atoms with E-state index in [-0.39, 0.29) is 23.9 Å². The summed E-state index contributed by atoms with van der Waals surface area (Å²) in [7, 11) is 0. The van der Waals surface area contributed by atoms with Gasteiger partial charge in [0.2, 0.25) is 5.70 Å². The Bertz CT molecular complexity index is 1010. The van der Waals surface area contributed by atoms with Crippen molar-refractivity contribution in [2.24, 2.45) is 5.92 Å². The Labute approximate surface area is 191 Å².